The van der Waals surface area contributed by atoms with Crippen molar-refractivity contribution in [2.75, 3.05) is 6.54 Å². The van der Waals surface area contributed by atoms with Crippen molar-refractivity contribution in [1.29, 1.82) is 0 Å². The Hall–Kier alpha value is -0.620. The summed E-state index contributed by atoms with van der Waals surface area (Å²) in [5, 5.41) is 0. The van der Waals surface area contributed by atoms with Crippen molar-refractivity contribution in [2.24, 2.45) is 5.73 Å². The van der Waals surface area contributed by atoms with E-state index in [1.165, 1.54) is 0 Å². The summed E-state index contributed by atoms with van der Waals surface area (Å²) in [4.78, 5) is 0.390. The number of rotatable bonds is 4. The minimum Gasteiger partial charge on any atom is -0.326 e. The van der Waals surface area contributed by atoms with Crippen LogP contribution in [0, 0.1) is 0 Å². The number of piperidine rings is 1. The van der Waals surface area contributed by atoms with Crippen molar-refractivity contribution in [3.05, 3.63) is 29.8 Å². The van der Waals surface area contributed by atoms with E-state index in [-0.39, 0.29) is 24.5 Å². The van der Waals surface area contributed by atoms with Crippen molar-refractivity contribution >= 4 is 22.4 Å². The van der Waals surface area contributed by atoms with Crippen LogP contribution in [-0.2, 0) is 10.0 Å². The van der Waals surface area contributed by atoms with E-state index in [0.717, 1.165) is 24.8 Å². The van der Waals surface area contributed by atoms with Gasteiger partial charge < -0.3 is 5.73 Å². The molecule has 6 heteroatoms. The average Bonchev–Trinajstić information content (AvgIpc) is 2.47. The molecule has 0 amide bonds. The van der Waals surface area contributed by atoms with Gasteiger partial charge in [-0.15, -0.1) is 12.4 Å². The molecule has 1 aliphatic rings. The minimum atomic E-state index is -3.46. The summed E-state index contributed by atoms with van der Waals surface area (Å²) in [5.41, 5.74) is 7.05. The molecule has 2 unspecified atom stereocenters. The molecule has 0 saturated carbocycles. The van der Waals surface area contributed by atoms with Gasteiger partial charge in [0.05, 0.1) is 4.90 Å². The van der Waals surface area contributed by atoms with Gasteiger partial charge >= 0.3 is 0 Å². The van der Waals surface area contributed by atoms with E-state index in [4.69, 9.17) is 5.73 Å². The molecule has 0 aliphatic carbocycles. The molecule has 0 bridgehead atoms. The third-order valence-corrected chi connectivity index (χ3v) is 6.16. The lowest BCUT2D eigenvalue weighted by atomic mass is 10.00. The van der Waals surface area contributed by atoms with Crippen LogP contribution in [0.1, 0.15) is 51.5 Å². The Labute approximate surface area is 140 Å². The molecular weight excluding hydrogens is 320 g/mol. The summed E-state index contributed by atoms with van der Waals surface area (Å²) in [6, 6.07) is 7.05. The largest absolute Gasteiger partial charge is 0.326 e. The number of hydrogen-bond acceptors (Lipinski definition) is 3. The Kier molecular flexibility index (Phi) is 6.86. The molecule has 126 valence electrons. The van der Waals surface area contributed by atoms with Gasteiger partial charge in [-0.3, -0.25) is 0 Å². The number of hydrogen-bond donors (Lipinski definition) is 1. The third kappa shape index (κ3) is 4.02. The lowest BCUT2D eigenvalue weighted by Gasteiger charge is -2.37. The SMILES string of the molecule is CC(C)c1cccc(S(=O)(=O)N2CCCCC2C(C)N)c1.Cl. The van der Waals surface area contributed by atoms with Crippen LogP contribution < -0.4 is 5.73 Å². The molecule has 0 spiro atoms. The molecule has 1 saturated heterocycles. The molecule has 1 aromatic carbocycles. The first kappa shape index (κ1) is 19.4. The van der Waals surface area contributed by atoms with E-state index in [1.54, 1.807) is 16.4 Å². The maximum absolute atomic E-state index is 12.9. The maximum Gasteiger partial charge on any atom is 0.243 e. The second kappa shape index (κ2) is 7.77. The zero-order valence-electron chi connectivity index (χ0n) is 13.5. The summed E-state index contributed by atoms with van der Waals surface area (Å²) >= 11 is 0. The first-order valence-electron chi connectivity index (χ1n) is 7.71. The zero-order valence-corrected chi connectivity index (χ0v) is 15.2. The van der Waals surface area contributed by atoms with Crippen LogP contribution in [0.3, 0.4) is 0 Å². The molecule has 1 fully saturated rings. The number of sulfonamides is 1. The highest BCUT2D eigenvalue weighted by atomic mass is 35.5. The van der Waals surface area contributed by atoms with Crippen molar-refractivity contribution in [3.63, 3.8) is 0 Å². The monoisotopic (exact) mass is 346 g/mol. The second-order valence-electron chi connectivity index (χ2n) is 6.27. The van der Waals surface area contributed by atoms with Crippen LogP contribution in [-0.4, -0.2) is 31.4 Å². The van der Waals surface area contributed by atoms with Crippen LogP contribution in [0.2, 0.25) is 0 Å². The first-order chi connectivity index (χ1) is 9.84. The van der Waals surface area contributed by atoms with Gasteiger partial charge in [-0.05, 0) is 43.4 Å². The Bertz CT molecular complexity index is 588. The van der Waals surface area contributed by atoms with Crippen LogP contribution in [0.25, 0.3) is 0 Å². The Morgan fingerprint density at radius 3 is 2.50 bits per heavy atom. The van der Waals surface area contributed by atoms with E-state index in [2.05, 4.69) is 13.8 Å². The molecule has 0 radical (unpaired) electrons. The van der Waals surface area contributed by atoms with Gasteiger partial charge in [-0.2, -0.15) is 4.31 Å². The Morgan fingerprint density at radius 1 is 1.23 bits per heavy atom. The molecule has 1 aliphatic heterocycles. The lowest BCUT2D eigenvalue weighted by molar-refractivity contribution is 0.227. The average molecular weight is 347 g/mol. The number of nitrogens with zero attached hydrogens (tertiary/aromatic N) is 1. The van der Waals surface area contributed by atoms with Crippen molar-refractivity contribution in [3.8, 4) is 0 Å². The van der Waals surface area contributed by atoms with Gasteiger partial charge in [0, 0.05) is 18.6 Å². The van der Waals surface area contributed by atoms with Gasteiger partial charge in [0.25, 0.3) is 0 Å². The van der Waals surface area contributed by atoms with Crippen LogP contribution in [0.4, 0.5) is 0 Å². The lowest BCUT2D eigenvalue weighted by Crippen LogP contribution is -2.51. The van der Waals surface area contributed by atoms with Crippen molar-refractivity contribution < 1.29 is 8.42 Å². The highest BCUT2D eigenvalue weighted by Gasteiger charge is 2.35. The van der Waals surface area contributed by atoms with E-state index < -0.39 is 10.0 Å². The highest BCUT2D eigenvalue weighted by molar-refractivity contribution is 7.89. The molecule has 1 heterocycles. The molecular formula is C16H27ClN2O2S. The molecule has 22 heavy (non-hydrogen) atoms. The molecule has 2 N–H and O–H groups in total. The normalized spacial score (nSPS) is 21.4. The summed E-state index contributed by atoms with van der Waals surface area (Å²) in [6.07, 6.45) is 2.80. The van der Waals surface area contributed by atoms with Crippen LogP contribution >= 0.6 is 12.4 Å². The van der Waals surface area contributed by atoms with Crippen molar-refractivity contribution in [1.82, 2.24) is 4.31 Å². The highest BCUT2D eigenvalue weighted by Crippen LogP contribution is 2.28. The molecule has 1 aromatic rings. The predicted octanol–water partition coefficient (Wildman–Crippen LogP) is 3.12. The number of nitrogens with two attached hydrogens (primary N) is 1. The van der Waals surface area contributed by atoms with Gasteiger partial charge in [0.2, 0.25) is 10.0 Å². The zero-order chi connectivity index (χ0) is 15.6. The van der Waals surface area contributed by atoms with Gasteiger partial charge in [-0.1, -0.05) is 32.4 Å². The first-order valence-corrected chi connectivity index (χ1v) is 9.15. The minimum absolute atomic E-state index is 0. The second-order valence-corrected chi connectivity index (χ2v) is 8.16. The van der Waals surface area contributed by atoms with E-state index in [1.807, 2.05) is 19.1 Å². The molecule has 0 aromatic heterocycles. The number of benzene rings is 1. The third-order valence-electron chi connectivity index (χ3n) is 4.24. The fourth-order valence-corrected chi connectivity index (χ4v) is 4.75. The Balaban J connectivity index is 0.00000242. The van der Waals surface area contributed by atoms with Gasteiger partial charge in [-0.25, -0.2) is 8.42 Å². The van der Waals surface area contributed by atoms with Crippen LogP contribution in [0.15, 0.2) is 29.2 Å². The van der Waals surface area contributed by atoms with Gasteiger partial charge in [0.1, 0.15) is 0 Å². The fourth-order valence-electron chi connectivity index (χ4n) is 2.92. The molecule has 2 atom stereocenters. The van der Waals surface area contributed by atoms with Crippen molar-refractivity contribution in [2.45, 2.75) is 62.9 Å². The van der Waals surface area contributed by atoms with E-state index in [0.29, 0.717) is 17.4 Å². The Morgan fingerprint density at radius 2 is 1.91 bits per heavy atom. The topological polar surface area (TPSA) is 63.4 Å². The predicted molar refractivity (Wildman–Crippen MR) is 93.0 cm³/mol. The summed E-state index contributed by atoms with van der Waals surface area (Å²) in [7, 11) is -3.46. The van der Waals surface area contributed by atoms with E-state index >= 15 is 0 Å². The maximum atomic E-state index is 12.9. The molecule has 2 rings (SSSR count). The quantitative estimate of drug-likeness (QED) is 0.911. The number of halogens is 1. The van der Waals surface area contributed by atoms with E-state index in [9.17, 15) is 8.42 Å². The van der Waals surface area contributed by atoms with Gasteiger partial charge in [0.15, 0.2) is 0 Å². The standard InChI is InChI=1S/C16H26N2O2S.ClH/c1-12(2)14-7-6-8-15(11-14)21(19,20)18-10-5-4-9-16(18)13(3)17;/h6-8,11-13,16H,4-5,9-10,17H2,1-3H3;1H. The summed E-state index contributed by atoms with van der Waals surface area (Å²) < 4.78 is 27.5. The fraction of sp³-hybridized carbons (Fsp3) is 0.625. The summed E-state index contributed by atoms with van der Waals surface area (Å²) in [6.45, 7) is 6.60. The smallest absolute Gasteiger partial charge is 0.243 e. The molecule has 4 nitrogen and oxygen atoms in total. The summed E-state index contributed by atoms with van der Waals surface area (Å²) in [5.74, 6) is 0.311. The van der Waals surface area contributed by atoms with Crippen LogP contribution in [0.5, 0.6) is 0 Å².